The van der Waals surface area contributed by atoms with Crippen molar-refractivity contribution in [2.75, 3.05) is 5.32 Å². The third-order valence-electron chi connectivity index (χ3n) is 4.40. The molecule has 1 atom stereocenters. The Kier molecular flexibility index (Phi) is 3.94. The van der Waals surface area contributed by atoms with Gasteiger partial charge in [0.25, 0.3) is 0 Å². The Balaban J connectivity index is 1.79. The van der Waals surface area contributed by atoms with Gasteiger partial charge in [0.05, 0.1) is 28.0 Å². The Morgan fingerprint density at radius 3 is 2.73 bits per heavy atom. The molecule has 0 unspecified atom stereocenters. The van der Waals surface area contributed by atoms with E-state index in [0.29, 0.717) is 17.1 Å². The Labute approximate surface area is 153 Å². The van der Waals surface area contributed by atoms with Gasteiger partial charge in [-0.3, -0.25) is 9.36 Å². The van der Waals surface area contributed by atoms with Crippen LogP contribution in [0.3, 0.4) is 0 Å². The summed E-state index contributed by atoms with van der Waals surface area (Å²) in [6, 6.07) is 13.5. The first kappa shape index (κ1) is 16.3. The van der Waals surface area contributed by atoms with Crippen molar-refractivity contribution in [3.8, 4) is 11.8 Å². The molecular formula is C19H12ClFN4O. The highest BCUT2D eigenvalue weighted by atomic mass is 35.5. The van der Waals surface area contributed by atoms with Crippen LogP contribution < -0.4 is 5.32 Å². The highest BCUT2D eigenvalue weighted by molar-refractivity contribution is 6.30. The highest BCUT2D eigenvalue weighted by Gasteiger charge is 2.31. The molecule has 2 aromatic carbocycles. The maximum atomic E-state index is 13.4. The summed E-state index contributed by atoms with van der Waals surface area (Å²) in [7, 11) is 0. The van der Waals surface area contributed by atoms with Crippen molar-refractivity contribution in [3.63, 3.8) is 0 Å². The number of aromatic nitrogens is 2. The molecule has 1 aromatic heterocycles. The largest absolute Gasteiger partial charge is 0.310 e. The standard InChI is InChI=1S/C19H12ClFN4O/c20-15-7-13(5-6-16(15)21)25-10-23-18-14(8-17(26)24-19(18)25)12-3-1-11(9-22)2-4-12/h1-7,10,14H,8H2,(H,24,26)/t14-/m1/s1. The fourth-order valence-corrected chi connectivity index (χ4v) is 3.28. The number of rotatable bonds is 2. The van der Waals surface area contributed by atoms with Crippen molar-refractivity contribution in [3.05, 3.63) is 76.5 Å². The van der Waals surface area contributed by atoms with Gasteiger partial charge in [0.2, 0.25) is 5.91 Å². The number of nitrogens with one attached hydrogen (secondary N) is 1. The van der Waals surface area contributed by atoms with Crippen LogP contribution in [0.15, 0.2) is 48.8 Å². The van der Waals surface area contributed by atoms with Gasteiger partial charge in [-0.25, -0.2) is 9.37 Å². The molecule has 128 valence electrons. The number of hydrogen-bond donors (Lipinski definition) is 1. The lowest BCUT2D eigenvalue weighted by molar-refractivity contribution is -0.116. The average molecular weight is 367 g/mol. The monoisotopic (exact) mass is 366 g/mol. The number of benzene rings is 2. The van der Waals surface area contributed by atoms with Gasteiger partial charge in [-0.1, -0.05) is 23.7 Å². The van der Waals surface area contributed by atoms with E-state index in [-0.39, 0.29) is 23.3 Å². The van der Waals surface area contributed by atoms with Crippen LogP contribution >= 0.6 is 11.6 Å². The van der Waals surface area contributed by atoms with Crippen molar-refractivity contribution in [2.24, 2.45) is 0 Å². The molecule has 0 saturated heterocycles. The van der Waals surface area contributed by atoms with Gasteiger partial charge in [0.15, 0.2) is 0 Å². The van der Waals surface area contributed by atoms with Crippen LogP contribution in [0.1, 0.15) is 29.2 Å². The van der Waals surface area contributed by atoms with E-state index in [1.54, 1.807) is 29.1 Å². The number of carbonyl (C=O) groups is 1. The van der Waals surface area contributed by atoms with Gasteiger partial charge >= 0.3 is 0 Å². The van der Waals surface area contributed by atoms with Crippen LogP contribution in [0.4, 0.5) is 10.2 Å². The summed E-state index contributed by atoms with van der Waals surface area (Å²) in [6.45, 7) is 0. The van der Waals surface area contributed by atoms with E-state index in [0.717, 1.165) is 11.3 Å². The van der Waals surface area contributed by atoms with Crippen LogP contribution in [0, 0.1) is 17.1 Å². The molecule has 1 N–H and O–H groups in total. The zero-order valence-electron chi connectivity index (χ0n) is 13.4. The average Bonchev–Trinajstić information content (AvgIpc) is 3.07. The van der Waals surface area contributed by atoms with Gasteiger partial charge in [-0.15, -0.1) is 0 Å². The molecule has 1 aliphatic rings. The molecule has 2 heterocycles. The number of amides is 1. The summed E-state index contributed by atoms with van der Waals surface area (Å²) in [5.41, 5.74) is 2.78. The Morgan fingerprint density at radius 2 is 2.04 bits per heavy atom. The molecule has 1 aliphatic heterocycles. The minimum Gasteiger partial charge on any atom is -0.310 e. The number of halogens is 2. The molecule has 3 aromatic rings. The summed E-state index contributed by atoms with van der Waals surface area (Å²) in [5, 5.41) is 11.8. The van der Waals surface area contributed by atoms with E-state index in [4.69, 9.17) is 16.9 Å². The third-order valence-corrected chi connectivity index (χ3v) is 4.69. The zero-order chi connectivity index (χ0) is 18.3. The Bertz CT molecular complexity index is 1050. The predicted octanol–water partition coefficient (Wildman–Crippen LogP) is 4.01. The molecule has 26 heavy (non-hydrogen) atoms. The normalized spacial score (nSPS) is 15.9. The molecule has 0 spiro atoms. The number of nitriles is 1. The first-order chi connectivity index (χ1) is 12.6. The number of anilines is 1. The molecule has 0 saturated carbocycles. The predicted molar refractivity (Wildman–Crippen MR) is 94.8 cm³/mol. The van der Waals surface area contributed by atoms with Crippen molar-refractivity contribution in [2.45, 2.75) is 12.3 Å². The first-order valence-electron chi connectivity index (χ1n) is 7.89. The van der Waals surface area contributed by atoms with Crippen LogP contribution in [0.5, 0.6) is 0 Å². The van der Waals surface area contributed by atoms with Crippen LogP contribution in [-0.4, -0.2) is 15.5 Å². The van der Waals surface area contributed by atoms with Crippen LogP contribution in [-0.2, 0) is 4.79 Å². The third kappa shape index (κ3) is 2.72. The van der Waals surface area contributed by atoms with Gasteiger partial charge < -0.3 is 5.32 Å². The number of imidazole rings is 1. The summed E-state index contributed by atoms with van der Waals surface area (Å²) in [5.74, 6) is -0.326. The maximum absolute atomic E-state index is 13.4. The smallest absolute Gasteiger partial charge is 0.226 e. The van der Waals surface area contributed by atoms with Gasteiger partial charge in [-0.2, -0.15) is 5.26 Å². The molecule has 7 heteroatoms. The number of hydrogen-bond acceptors (Lipinski definition) is 3. The van der Waals surface area contributed by atoms with Gasteiger partial charge in [-0.05, 0) is 35.9 Å². The van der Waals surface area contributed by atoms with E-state index < -0.39 is 5.82 Å². The quantitative estimate of drug-likeness (QED) is 0.744. The Morgan fingerprint density at radius 1 is 1.27 bits per heavy atom. The Hall–Kier alpha value is -3.17. The minimum atomic E-state index is -0.510. The van der Waals surface area contributed by atoms with E-state index in [2.05, 4.69) is 16.4 Å². The topological polar surface area (TPSA) is 70.7 Å². The molecular weight excluding hydrogens is 355 g/mol. The second-order valence-electron chi connectivity index (χ2n) is 5.99. The van der Waals surface area contributed by atoms with Crippen molar-refractivity contribution >= 4 is 23.3 Å². The number of nitrogens with zero attached hydrogens (tertiary/aromatic N) is 3. The molecule has 0 bridgehead atoms. The summed E-state index contributed by atoms with van der Waals surface area (Å²) < 4.78 is 15.1. The van der Waals surface area contributed by atoms with E-state index in [1.165, 1.54) is 12.1 Å². The minimum absolute atomic E-state index is 0.00396. The molecule has 0 radical (unpaired) electrons. The SMILES string of the molecule is N#Cc1ccc([C@H]2CC(=O)Nc3c2ncn3-c2ccc(F)c(Cl)c2)cc1. The van der Waals surface area contributed by atoms with E-state index in [9.17, 15) is 9.18 Å². The second kappa shape index (κ2) is 6.28. The summed E-state index contributed by atoms with van der Waals surface area (Å²) in [4.78, 5) is 16.7. The first-order valence-corrected chi connectivity index (χ1v) is 8.27. The molecule has 5 nitrogen and oxygen atoms in total. The second-order valence-corrected chi connectivity index (χ2v) is 6.39. The van der Waals surface area contributed by atoms with Crippen LogP contribution in [0.25, 0.3) is 5.69 Å². The lowest BCUT2D eigenvalue weighted by Crippen LogP contribution is -2.24. The van der Waals surface area contributed by atoms with E-state index >= 15 is 0 Å². The number of fused-ring (bicyclic) bond motifs is 1. The highest BCUT2D eigenvalue weighted by Crippen LogP contribution is 2.37. The van der Waals surface area contributed by atoms with Crippen molar-refractivity contribution < 1.29 is 9.18 Å². The van der Waals surface area contributed by atoms with Crippen LogP contribution in [0.2, 0.25) is 5.02 Å². The van der Waals surface area contributed by atoms with Gasteiger partial charge in [0, 0.05) is 12.3 Å². The summed E-state index contributed by atoms with van der Waals surface area (Å²) >= 11 is 5.87. The molecule has 0 aliphatic carbocycles. The fourth-order valence-electron chi connectivity index (χ4n) is 3.10. The summed E-state index contributed by atoms with van der Waals surface area (Å²) in [6.07, 6.45) is 1.84. The fraction of sp³-hybridized carbons (Fsp3) is 0.105. The van der Waals surface area contributed by atoms with E-state index in [1.807, 2.05) is 12.1 Å². The zero-order valence-corrected chi connectivity index (χ0v) is 14.2. The van der Waals surface area contributed by atoms with Crippen molar-refractivity contribution in [1.82, 2.24) is 9.55 Å². The lowest BCUT2D eigenvalue weighted by Gasteiger charge is -2.23. The molecule has 4 rings (SSSR count). The van der Waals surface area contributed by atoms with Crippen molar-refractivity contribution in [1.29, 1.82) is 5.26 Å². The molecule has 0 fully saturated rings. The molecule has 1 amide bonds. The van der Waals surface area contributed by atoms with Gasteiger partial charge in [0.1, 0.15) is 18.0 Å². The maximum Gasteiger partial charge on any atom is 0.226 e. The number of carbonyl (C=O) groups excluding carboxylic acids is 1. The lowest BCUT2D eigenvalue weighted by atomic mass is 9.89.